The summed E-state index contributed by atoms with van der Waals surface area (Å²) in [6.45, 7) is 2.70. The maximum atomic E-state index is 12.0. The average Bonchev–Trinajstić information content (AvgIpc) is 3.21. The summed E-state index contributed by atoms with van der Waals surface area (Å²) in [5.41, 5.74) is 0.809. The molecule has 0 aliphatic heterocycles. The van der Waals surface area contributed by atoms with E-state index in [4.69, 9.17) is 18.7 Å². The van der Waals surface area contributed by atoms with Crippen LogP contribution in [-0.2, 0) is 11.2 Å². The molecule has 0 atom stereocenters. The largest absolute Gasteiger partial charge is 0.497 e. The molecule has 2 aromatic carbocycles. The van der Waals surface area contributed by atoms with E-state index in [0.29, 0.717) is 30.5 Å². The van der Waals surface area contributed by atoms with Crippen LogP contribution in [0.25, 0.3) is 11.4 Å². The quantitative estimate of drug-likeness (QED) is 0.407. The molecule has 0 aliphatic carbocycles. The lowest BCUT2D eigenvalue weighted by Crippen LogP contribution is -2.09. The van der Waals surface area contributed by atoms with Crippen molar-refractivity contribution >= 4 is 5.97 Å². The Hall–Kier alpha value is -3.35. The lowest BCUT2D eigenvalue weighted by Gasteiger charge is -2.06. The molecule has 0 unspecified atom stereocenters. The zero-order chi connectivity index (χ0) is 19.8. The number of benzene rings is 2. The second-order valence-corrected chi connectivity index (χ2v) is 6.03. The first-order valence-electron chi connectivity index (χ1n) is 9.08. The molecule has 0 saturated heterocycles. The van der Waals surface area contributed by atoms with Gasteiger partial charge in [0.1, 0.15) is 17.2 Å². The van der Waals surface area contributed by atoms with Crippen LogP contribution in [0, 0.1) is 0 Å². The molecule has 1 heterocycles. The molecule has 1 aromatic heterocycles. The standard InChI is InChI=1S/C21H22N2O5/c1-3-14-26-17-8-10-18(11-9-17)27-20(24)13-12-19-22-21(23-28-19)15-4-6-16(25-2)7-5-15/h4-11H,3,12-14H2,1-2H3. The van der Waals surface area contributed by atoms with E-state index >= 15 is 0 Å². The summed E-state index contributed by atoms with van der Waals surface area (Å²) in [6, 6.07) is 14.3. The molecule has 146 valence electrons. The van der Waals surface area contributed by atoms with Gasteiger partial charge in [-0.25, -0.2) is 0 Å². The minimum atomic E-state index is -0.369. The van der Waals surface area contributed by atoms with Gasteiger partial charge >= 0.3 is 5.97 Å². The van der Waals surface area contributed by atoms with Crippen molar-refractivity contribution in [3.63, 3.8) is 0 Å². The molecule has 3 aromatic rings. The van der Waals surface area contributed by atoms with Gasteiger partial charge in [0.15, 0.2) is 0 Å². The predicted octanol–water partition coefficient (Wildman–Crippen LogP) is 4.07. The van der Waals surface area contributed by atoms with Gasteiger partial charge in [-0.1, -0.05) is 12.1 Å². The fraction of sp³-hybridized carbons (Fsp3) is 0.286. The van der Waals surface area contributed by atoms with E-state index in [-0.39, 0.29) is 12.4 Å². The lowest BCUT2D eigenvalue weighted by molar-refractivity contribution is -0.134. The minimum absolute atomic E-state index is 0.137. The molecule has 0 saturated carbocycles. The second-order valence-electron chi connectivity index (χ2n) is 6.03. The van der Waals surface area contributed by atoms with Crippen molar-refractivity contribution in [2.24, 2.45) is 0 Å². The number of hydrogen-bond donors (Lipinski definition) is 0. The zero-order valence-corrected chi connectivity index (χ0v) is 15.9. The third-order valence-electron chi connectivity index (χ3n) is 3.89. The van der Waals surface area contributed by atoms with E-state index in [1.807, 2.05) is 31.2 Å². The highest BCUT2D eigenvalue weighted by atomic mass is 16.5. The summed E-state index contributed by atoms with van der Waals surface area (Å²) in [6.07, 6.45) is 1.38. The Bertz CT molecular complexity index is 888. The van der Waals surface area contributed by atoms with Gasteiger partial charge in [0.2, 0.25) is 11.7 Å². The molecule has 0 amide bonds. The fourth-order valence-electron chi connectivity index (χ4n) is 2.43. The number of ether oxygens (including phenoxy) is 3. The first-order valence-corrected chi connectivity index (χ1v) is 9.08. The molecular formula is C21H22N2O5. The van der Waals surface area contributed by atoms with Gasteiger partial charge in [-0.3, -0.25) is 4.79 Å². The number of hydrogen-bond acceptors (Lipinski definition) is 7. The third-order valence-corrected chi connectivity index (χ3v) is 3.89. The van der Waals surface area contributed by atoms with E-state index in [1.54, 1.807) is 31.4 Å². The van der Waals surface area contributed by atoms with Crippen molar-refractivity contribution in [2.45, 2.75) is 26.2 Å². The Kier molecular flexibility index (Phi) is 6.62. The van der Waals surface area contributed by atoms with Gasteiger partial charge in [-0.05, 0) is 55.0 Å². The molecule has 0 aliphatic rings. The van der Waals surface area contributed by atoms with Gasteiger partial charge in [-0.15, -0.1) is 0 Å². The van der Waals surface area contributed by atoms with Crippen molar-refractivity contribution in [3.8, 4) is 28.6 Å². The average molecular weight is 382 g/mol. The molecule has 0 bridgehead atoms. The van der Waals surface area contributed by atoms with Crippen LogP contribution >= 0.6 is 0 Å². The van der Waals surface area contributed by atoms with Crippen molar-refractivity contribution in [2.75, 3.05) is 13.7 Å². The van der Waals surface area contributed by atoms with E-state index in [1.165, 1.54) is 0 Å². The zero-order valence-electron chi connectivity index (χ0n) is 15.9. The summed E-state index contributed by atoms with van der Waals surface area (Å²) in [4.78, 5) is 16.3. The number of rotatable bonds is 9. The second kappa shape index (κ2) is 9.55. The number of carbonyl (C=O) groups excluding carboxylic acids is 1. The molecule has 28 heavy (non-hydrogen) atoms. The highest BCUT2D eigenvalue weighted by molar-refractivity contribution is 5.72. The monoisotopic (exact) mass is 382 g/mol. The Morgan fingerprint density at radius 2 is 1.68 bits per heavy atom. The Morgan fingerprint density at radius 1 is 1.00 bits per heavy atom. The predicted molar refractivity (Wildman–Crippen MR) is 102 cm³/mol. The lowest BCUT2D eigenvalue weighted by atomic mass is 10.2. The van der Waals surface area contributed by atoms with Gasteiger partial charge in [0, 0.05) is 12.0 Å². The summed E-state index contributed by atoms with van der Waals surface area (Å²) in [5.74, 6) is 2.45. The summed E-state index contributed by atoms with van der Waals surface area (Å²) >= 11 is 0. The smallest absolute Gasteiger partial charge is 0.311 e. The first kappa shape index (κ1) is 19.4. The maximum absolute atomic E-state index is 12.0. The molecule has 3 rings (SSSR count). The number of nitrogens with zero attached hydrogens (tertiary/aromatic N) is 2. The fourth-order valence-corrected chi connectivity index (χ4v) is 2.43. The number of aromatic nitrogens is 2. The number of esters is 1. The normalized spacial score (nSPS) is 10.5. The Morgan fingerprint density at radius 3 is 2.36 bits per heavy atom. The number of carbonyl (C=O) groups is 1. The Labute approximate surface area is 163 Å². The van der Waals surface area contributed by atoms with Crippen LogP contribution in [0.4, 0.5) is 0 Å². The van der Waals surface area contributed by atoms with Crippen molar-refractivity contribution in [1.29, 1.82) is 0 Å². The first-order chi connectivity index (χ1) is 13.7. The van der Waals surface area contributed by atoms with Gasteiger partial charge in [0.25, 0.3) is 0 Å². The topological polar surface area (TPSA) is 83.7 Å². The SMILES string of the molecule is CCCOc1ccc(OC(=O)CCc2nc(-c3ccc(OC)cc3)no2)cc1. The summed E-state index contributed by atoms with van der Waals surface area (Å²) < 4.78 is 21.1. The number of methoxy groups -OCH3 is 1. The van der Waals surface area contributed by atoms with E-state index in [0.717, 1.165) is 23.5 Å². The number of aryl methyl sites for hydroxylation is 1. The Balaban J connectivity index is 1.50. The molecule has 7 heteroatoms. The van der Waals surface area contributed by atoms with Crippen LogP contribution in [0.3, 0.4) is 0 Å². The molecule has 0 fully saturated rings. The van der Waals surface area contributed by atoms with Crippen LogP contribution in [0.2, 0.25) is 0 Å². The van der Waals surface area contributed by atoms with Gasteiger partial charge in [0.05, 0.1) is 20.1 Å². The van der Waals surface area contributed by atoms with Crippen LogP contribution in [0.5, 0.6) is 17.2 Å². The molecule has 7 nitrogen and oxygen atoms in total. The van der Waals surface area contributed by atoms with Gasteiger partial charge < -0.3 is 18.7 Å². The molecule has 0 spiro atoms. The van der Waals surface area contributed by atoms with Crippen molar-refractivity contribution in [3.05, 3.63) is 54.4 Å². The highest BCUT2D eigenvalue weighted by Gasteiger charge is 2.12. The molecular weight excluding hydrogens is 360 g/mol. The third kappa shape index (κ3) is 5.33. The van der Waals surface area contributed by atoms with Crippen LogP contribution in [-0.4, -0.2) is 29.8 Å². The summed E-state index contributed by atoms with van der Waals surface area (Å²) in [7, 11) is 1.61. The maximum Gasteiger partial charge on any atom is 0.311 e. The van der Waals surface area contributed by atoms with E-state index < -0.39 is 0 Å². The minimum Gasteiger partial charge on any atom is -0.497 e. The van der Waals surface area contributed by atoms with E-state index in [2.05, 4.69) is 10.1 Å². The molecule has 0 radical (unpaired) electrons. The highest BCUT2D eigenvalue weighted by Crippen LogP contribution is 2.21. The van der Waals surface area contributed by atoms with Crippen molar-refractivity contribution in [1.82, 2.24) is 10.1 Å². The van der Waals surface area contributed by atoms with E-state index in [9.17, 15) is 4.79 Å². The molecule has 0 N–H and O–H groups in total. The van der Waals surface area contributed by atoms with Crippen LogP contribution in [0.1, 0.15) is 25.7 Å². The van der Waals surface area contributed by atoms with Crippen molar-refractivity contribution < 1.29 is 23.5 Å². The summed E-state index contributed by atoms with van der Waals surface area (Å²) in [5, 5.41) is 3.95. The van der Waals surface area contributed by atoms with Gasteiger partial charge in [-0.2, -0.15) is 4.98 Å². The van der Waals surface area contributed by atoms with Crippen LogP contribution < -0.4 is 14.2 Å². The van der Waals surface area contributed by atoms with Crippen LogP contribution in [0.15, 0.2) is 53.1 Å².